The number of hydrogen-bond donors (Lipinski definition) is 0. The van der Waals surface area contributed by atoms with Crippen LogP contribution in [0.1, 0.15) is 29.5 Å². The van der Waals surface area contributed by atoms with Gasteiger partial charge in [-0.3, -0.25) is 0 Å². The Balaban J connectivity index is 2.08. The molecule has 0 unspecified atom stereocenters. The second-order valence-corrected chi connectivity index (χ2v) is 6.29. The second kappa shape index (κ2) is 7.87. The lowest BCUT2D eigenvalue weighted by Crippen LogP contribution is -2.30. The van der Waals surface area contributed by atoms with Crippen LogP contribution in [-0.2, 0) is 11.8 Å². The molecule has 0 N–H and O–H groups in total. The fourth-order valence-corrected chi connectivity index (χ4v) is 3.58. The smallest absolute Gasteiger partial charge is 0.0332 e. The highest BCUT2D eigenvalue weighted by atomic mass is 35.5. The average molecular weight is 321 g/mol. The number of hydrogen-bond acceptors (Lipinski definition) is 0. The van der Waals surface area contributed by atoms with Gasteiger partial charge in [0.1, 0.15) is 0 Å². The van der Waals surface area contributed by atoms with E-state index in [0.29, 0.717) is 11.8 Å². The fraction of sp³-hybridized carbons (Fsp3) is 0.368. The van der Waals surface area contributed by atoms with E-state index in [1.54, 1.807) is 0 Å². The molecule has 2 rings (SSSR count). The van der Waals surface area contributed by atoms with E-state index in [9.17, 15) is 0 Å². The molecule has 0 radical (unpaired) electrons. The van der Waals surface area contributed by atoms with Crippen molar-refractivity contribution in [2.45, 2.75) is 31.6 Å². The predicted octanol–water partition coefficient (Wildman–Crippen LogP) is 5.73. The van der Waals surface area contributed by atoms with Gasteiger partial charge in [-0.1, -0.05) is 60.2 Å². The van der Waals surface area contributed by atoms with Gasteiger partial charge in [0.25, 0.3) is 0 Å². The number of benzene rings is 2. The summed E-state index contributed by atoms with van der Waals surface area (Å²) in [6.45, 7) is 2.11. The van der Waals surface area contributed by atoms with Crippen molar-refractivity contribution in [3.8, 4) is 0 Å². The van der Waals surface area contributed by atoms with Gasteiger partial charge in [0.15, 0.2) is 0 Å². The summed E-state index contributed by atoms with van der Waals surface area (Å²) in [7, 11) is 0. The van der Waals surface area contributed by atoms with E-state index in [-0.39, 0.29) is 5.41 Å². The Labute approximate surface area is 138 Å². The van der Waals surface area contributed by atoms with Crippen molar-refractivity contribution < 1.29 is 0 Å². The van der Waals surface area contributed by atoms with Crippen LogP contribution in [0.3, 0.4) is 0 Å². The molecule has 2 aromatic carbocycles. The summed E-state index contributed by atoms with van der Waals surface area (Å²) >= 11 is 12.6. The Morgan fingerprint density at radius 3 is 2.24 bits per heavy atom. The first-order chi connectivity index (χ1) is 10.2. The highest BCUT2D eigenvalue weighted by Crippen LogP contribution is 2.33. The summed E-state index contributed by atoms with van der Waals surface area (Å²) in [6.07, 6.45) is 3.18. The highest BCUT2D eigenvalue weighted by molar-refractivity contribution is 6.22. The SMILES string of the molecule is Cc1cccc(C(CCl)(CCl)CCCc2ccccc2)c1. The zero-order valence-corrected chi connectivity index (χ0v) is 14.0. The van der Waals surface area contributed by atoms with Gasteiger partial charge in [0.05, 0.1) is 0 Å². The standard InChI is InChI=1S/C19H22Cl2/c1-16-7-5-11-18(13-16)19(14-20,15-21)12-6-10-17-8-3-2-4-9-17/h2-5,7-9,11,13H,6,10,12,14-15H2,1H3. The third-order valence-electron chi connectivity index (χ3n) is 4.11. The third-order valence-corrected chi connectivity index (χ3v) is 5.13. The van der Waals surface area contributed by atoms with Crippen LogP contribution in [0, 0.1) is 6.92 Å². The molecule has 0 aliphatic carbocycles. The van der Waals surface area contributed by atoms with Crippen molar-refractivity contribution in [1.29, 1.82) is 0 Å². The normalized spacial score (nSPS) is 11.6. The summed E-state index contributed by atoms with van der Waals surface area (Å²) < 4.78 is 0. The Hall–Kier alpha value is -0.980. The maximum absolute atomic E-state index is 6.31. The van der Waals surface area contributed by atoms with E-state index < -0.39 is 0 Å². The van der Waals surface area contributed by atoms with E-state index in [1.807, 2.05) is 0 Å². The summed E-state index contributed by atoms with van der Waals surface area (Å²) in [6, 6.07) is 19.2. The molecule has 2 aromatic rings. The van der Waals surface area contributed by atoms with Crippen LogP contribution in [0.15, 0.2) is 54.6 Å². The van der Waals surface area contributed by atoms with E-state index in [0.717, 1.165) is 19.3 Å². The molecule has 0 fully saturated rings. The molecule has 112 valence electrons. The van der Waals surface area contributed by atoms with Gasteiger partial charge in [-0.2, -0.15) is 0 Å². The molecule has 0 aromatic heterocycles. The van der Waals surface area contributed by atoms with Crippen molar-refractivity contribution in [1.82, 2.24) is 0 Å². The molecule has 0 bridgehead atoms. The molecular formula is C19H22Cl2. The molecule has 0 aliphatic heterocycles. The molecule has 2 heteroatoms. The van der Waals surface area contributed by atoms with Crippen LogP contribution in [0.25, 0.3) is 0 Å². The van der Waals surface area contributed by atoms with Gasteiger partial charge in [0.2, 0.25) is 0 Å². The summed E-state index contributed by atoms with van der Waals surface area (Å²) in [4.78, 5) is 0. The zero-order valence-electron chi connectivity index (χ0n) is 12.5. The summed E-state index contributed by atoms with van der Waals surface area (Å²) in [5.41, 5.74) is 3.78. The molecule has 0 amide bonds. The number of aryl methyl sites for hydroxylation is 2. The molecule has 21 heavy (non-hydrogen) atoms. The molecule has 0 nitrogen and oxygen atoms in total. The lowest BCUT2D eigenvalue weighted by molar-refractivity contribution is 0.472. The van der Waals surface area contributed by atoms with Crippen molar-refractivity contribution in [2.75, 3.05) is 11.8 Å². The summed E-state index contributed by atoms with van der Waals surface area (Å²) in [5.74, 6) is 1.13. The van der Waals surface area contributed by atoms with Crippen molar-refractivity contribution >= 4 is 23.2 Å². The molecular weight excluding hydrogens is 299 g/mol. The van der Waals surface area contributed by atoms with E-state index >= 15 is 0 Å². The predicted molar refractivity (Wildman–Crippen MR) is 93.7 cm³/mol. The molecule has 0 saturated heterocycles. The van der Waals surface area contributed by atoms with Gasteiger partial charge >= 0.3 is 0 Å². The molecule has 0 saturated carbocycles. The minimum atomic E-state index is -0.121. The zero-order chi connectivity index (χ0) is 15.1. The number of rotatable bonds is 7. The van der Waals surface area contributed by atoms with E-state index in [1.165, 1.54) is 16.7 Å². The van der Waals surface area contributed by atoms with Crippen LogP contribution in [0.2, 0.25) is 0 Å². The van der Waals surface area contributed by atoms with Gasteiger partial charge in [-0.25, -0.2) is 0 Å². The largest absolute Gasteiger partial charge is 0.126 e. The lowest BCUT2D eigenvalue weighted by Gasteiger charge is -2.30. The first kappa shape index (κ1) is 16.4. The van der Waals surface area contributed by atoms with Crippen LogP contribution in [0.5, 0.6) is 0 Å². The Morgan fingerprint density at radius 2 is 1.62 bits per heavy atom. The van der Waals surface area contributed by atoms with Crippen molar-refractivity contribution in [3.05, 3.63) is 71.3 Å². The fourth-order valence-electron chi connectivity index (χ4n) is 2.72. The Bertz CT molecular complexity index is 545. The van der Waals surface area contributed by atoms with Gasteiger partial charge in [0, 0.05) is 17.2 Å². The Kier molecular flexibility index (Phi) is 6.14. The monoisotopic (exact) mass is 320 g/mol. The minimum absolute atomic E-state index is 0.121. The number of halogens is 2. The van der Waals surface area contributed by atoms with Gasteiger partial charge in [-0.05, 0) is 37.3 Å². The average Bonchev–Trinajstić information content (AvgIpc) is 2.53. The van der Waals surface area contributed by atoms with Crippen LogP contribution >= 0.6 is 23.2 Å². The summed E-state index contributed by atoms with van der Waals surface area (Å²) in [5, 5.41) is 0. The molecule has 0 aliphatic rings. The van der Waals surface area contributed by atoms with Crippen LogP contribution in [-0.4, -0.2) is 11.8 Å². The molecule has 0 atom stereocenters. The minimum Gasteiger partial charge on any atom is -0.126 e. The Morgan fingerprint density at radius 1 is 0.905 bits per heavy atom. The van der Waals surface area contributed by atoms with Gasteiger partial charge in [-0.15, -0.1) is 23.2 Å². The second-order valence-electron chi connectivity index (χ2n) is 5.76. The first-order valence-corrected chi connectivity index (χ1v) is 8.50. The quantitative estimate of drug-likeness (QED) is 0.571. The number of alkyl halides is 2. The van der Waals surface area contributed by atoms with Crippen molar-refractivity contribution in [2.24, 2.45) is 0 Å². The van der Waals surface area contributed by atoms with Crippen molar-refractivity contribution in [3.63, 3.8) is 0 Å². The lowest BCUT2D eigenvalue weighted by atomic mass is 9.79. The molecule has 0 spiro atoms. The van der Waals surface area contributed by atoms with Crippen LogP contribution < -0.4 is 0 Å². The topological polar surface area (TPSA) is 0 Å². The van der Waals surface area contributed by atoms with Crippen LogP contribution in [0.4, 0.5) is 0 Å². The van der Waals surface area contributed by atoms with Gasteiger partial charge < -0.3 is 0 Å². The maximum Gasteiger partial charge on any atom is 0.0332 e. The third kappa shape index (κ3) is 4.25. The highest BCUT2D eigenvalue weighted by Gasteiger charge is 2.30. The molecule has 0 heterocycles. The first-order valence-electron chi connectivity index (χ1n) is 7.43. The van der Waals surface area contributed by atoms with E-state index in [4.69, 9.17) is 23.2 Å². The van der Waals surface area contributed by atoms with E-state index in [2.05, 4.69) is 61.5 Å². The maximum atomic E-state index is 6.31.